The van der Waals surface area contributed by atoms with Gasteiger partial charge in [-0.3, -0.25) is 0 Å². The molecular formula is C120H80N6O2S4. The largest absolute Gasteiger partial charge is 0.456 e. The molecule has 12 heteroatoms. The first-order valence-corrected chi connectivity index (χ1v) is 47.5. The maximum Gasteiger partial charge on any atom is 0.137 e. The number of furan rings is 2. The zero-order valence-corrected chi connectivity index (χ0v) is 74.5. The fourth-order valence-electron chi connectivity index (χ4n) is 18.5. The highest BCUT2D eigenvalue weighted by molar-refractivity contribution is 7.27. The van der Waals surface area contributed by atoms with Crippen LogP contribution in [0.15, 0.2) is 476 Å². The molecule has 0 aliphatic carbocycles. The Morgan fingerprint density at radius 1 is 0.159 bits per heavy atom. The summed E-state index contributed by atoms with van der Waals surface area (Å²) in [5.74, 6) is 0. The van der Waals surface area contributed by atoms with Crippen molar-refractivity contribution in [2.75, 3.05) is 30.7 Å². The first-order chi connectivity index (χ1) is 65.3. The summed E-state index contributed by atoms with van der Waals surface area (Å²) >= 11 is 7.35. The highest BCUT2D eigenvalue weighted by Gasteiger charge is 2.23. The quantitative estimate of drug-likeness (QED) is 0.0833. The molecule has 8 nitrogen and oxygen atoms in total. The molecule has 0 aliphatic rings. The van der Waals surface area contributed by atoms with Crippen molar-refractivity contribution >= 4 is 255 Å². The smallest absolute Gasteiger partial charge is 0.137 e. The van der Waals surface area contributed by atoms with Crippen molar-refractivity contribution in [2.45, 2.75) is 0 Å². The first-order valence-electron chi connectivity index (χ1n) is 44.2. The molecule has 20 aromatic carbocycles. The number of anilines is 15. The highest BCUT2D eigenvalue weighted by atomic mass is 32.1. The Morgan fingerprint density at radius 3 is 0.932 bits per heavy atom. The molecule has 0 radical (unpaired) electrons. The summed E-state index contributed by atoms with van der Waals surface area (Å²) in [6, 6.07) is 166. The van der Waals surface area contributed by atoms with Crippen molar-refractivity contribution in [2.24, 2.45) is 0 Å². The van der Waals surface area contributed by atoms with Gasteiger partial charge in [-0.1, -0.05) is 243 Å². The predicted molar refractivity (Wildman–Crippen MR) is 570 cm³/mol. The van der Waals surface area contributed by atoms with Crippen molar-refractivity contribution in [3.63, 3.8) is 0 Å². The lowest BCUT2D eigenvalue weighted by Gasteiger charge is -2.28. The van der Waals surface area contributed by atoms with Crippen molar-refractivity contribution in [3.05, 3.63) is 467 Å². The van der Waals surface area contributed by atoms with E-state index in [0.29, 0.717) is 0 Å². The summed E-state index contributed by atoms with van der Waals surface area (Å²) in [6.07, 6.45) is 0. The van der Waals surface area contributed by atoms with Crippen LogP contribution >= 0.6 is 45.3 Å². The molecule has 0 atom stereocenters. The minimum Gasteiger partial charge on any atom is -0.456 e. The van der Waals surface area contributed by atoms with Gasteiger partial charge in [-0.25, -0.2) is 0 Å². The van der Waals surface area contributed by atoms with Crippen LogP contribution in [-0.4, -0.2) is 0 Å². The third-order valence-corrected chi connectivity index (χ3v) is 29.2. The van der Waals surface area contributed by atoms with Crippen molar-refractivity contribution in [1.29, 1.82) is 0 Å². The summed E-state index contributed by atoms with van der Waals surface area (Å²) < 4.78 is 22.4. The van der Waals surface area contributed by atoms with Gasteiger partial charge in [-0.15, -0.1) is 45.3 Å². The zero-order valence-electron chi connectivity index (χ0n) is 71.2. The van der Waals surface area contributed by atoms with Crippen molar-refractivity contribution < 1.29 is 8.83 Å². The van der Waals surface area contributed by atoms with Crippen LogP contribution in [0.3, 0.4) is 0 Å². The molecule has 132 heavy (non-hydrogen) atoms. The van der Waals surface area contributed by atoms with Crippen LogP contribution in [0.25, 0.3) is 147 Å². The second kappa shape index (κ2) is 34.4. The summed E-state index contributed by atoms with van der Waals surface area (Å²) in [7, 11) is 0. The van der Waals surface area contributed by atoms with Gasteiger partial charge in [0.2, 0.25) is 0 Å². The maximum atomic E-state index is 6.09. The van der Waals surface area contributed by atoms with E-state index in [2.05, 4.69) is 461 Å². The SMILES string of the molecule is c1ccc(-c2ccc(N(c3ccccc3)c3ccc4sc5cc(Nc6ccc7oc8ccccc8c7c6)ccc5c4c3)cc2)cc1.c1ccc(-c2ccccc2N(c2ccccc2)c2ccc3sc4cc(Nc5ccc6c(c5)sc5ccccc56)ccc4c3c2)cc1.c1ccc(N(c2ccccc2)c2ccc3sc4cc(Nc5ccc6c(c5)oc5ccccc56)ccc4c3c2)cc1. The topological polar surface area (TPSA) is 72.1 Å². The molecule has 26 rings (SSSR count). The van der Waals surface area contributed by atoms with Crippen LogP contribution in [0.1, 0.15) is 0 Å². The first kappa shape index (κ1) is 79.1. The zero-order chi connectivity index (χ0) is 87.4. The van der Waals surface area contributed by atoms with Gasteiger partial charge < -0.3 is 39.5 Å². The van der Waals surface area contributed by atoms with E-state index < -0.39 is 0 Å². The Morgan fingerprint density at radius 2 is 0.455 bits per heavy atom. The van der Waals surface area contributed by atoms with Crippen LogP contribution in [-0.2, 0) is 0 Å². The lowest BCUT2D eigenvalue weighted by Crippen LogP contribution is -2.11. The minimum atomic E-state index is 0.892. The molecule has 0 fully saturated rings. The molecule has 6 aromatic heterocycles. The summed E-state index contributed by atoms with van der Waals surface area (Å²) in [5.41, 5.74) is 25.1. The van der Waals surface area contributed by atoms with Crippen LogP contribution in [0.4, 0.5) is 85.3 Å². The number of para-hydroxylation sites is 7. The summed E-state index contributed by atoms with van der Waals surface area (Å²) in [4.78, 5) is 7.03. The van der Waals surface area contributed by atoms with E-state index >= 15 is 0 Å². The van der Waals surface area contributed by atoms with Crippen molar-refractivity contribution in [1.82, 2.24) is 0 Å². The second-order valence-electron chi connectivity index (χ2n) is 32.9. The van der Waals surface area contributed by atoms with Gasteiger partial charge in [-0.2, -0.15) is 0 Å². The standard InChI is InChI=1S/C42H28N2OS.C42H28N2S2.C36H24N2OS/c1-3-9-28(10-4-1)29-15-19-33(20-16-29)44(32-11-5-2-6-12-32)34-21-24-41-38(27-34)36-22-17-31(26-42(36)46-41)43-30-18-23-40-37(25-30)35-13-7-8-14-39(35)45-40;1-3-11-28(12-4-1)33-15-7-9-17-38(33)44(31-13-5-2-6-14-31)32-21-24-40-37(27-32)36-23-20-30(26-42(36)46-40)43-29-19-22-35-34-16-8-10-18-39(34)45-41(35)25-29;1-3-9-26(10-4-1)38(27-11-5-2-6-12-27)28-17-20-35-32(23-28)31-19-16-25(22-36(31)40-35)37-24-15-18-30-29-13-7-8-14-33(29)39-34(30)21-24/h2*1-27,43H;1-23,37H. The molecule has 0 saturated carbocycles. The Balaban J connectivity index is 0.000000110. The number of benzene rings is 20. The molecule has 3 N–H and O–H groups in total. The Kier molecular flexibility index (Phi) is 20.6. The van der Waals surface area contributed by atoms with E-state index in [1.807, 2.05) is 81.7 Å². The number of rotatable bonds is 17. The van der Waals surface area contributed by atoms with Crippen LogP contribution in [0.5, 0.6) is 0 Å². The molecule has 6 heterocycles. The Bertz CT molecular complexity index is 8740. The maximum absolute atomic E-state index is 6.09. The second-order valence-corrected chi connectivity index (χ2v) is 37.3. The summed E-state index contributed by atoms with van der Waals surface area (Å²) in [5, 5.41) is 25.7. The van der Waals surface area contributed by atoms with E-state index in [-0.39, 0.29) is 0 Å². The van der Waals surface area contributed by atoms with Crippen LogP contribution < -0.4 is 30.7 Å². The minimum absolute atomic E-state index is 0.892. The van der Waals surface area contributed by atoms with E-state index in [0.717, 1.165) is 129 Å². The molecule has 0 amide bonds. The molecule has 0 unspecified atom stereocenters. The average molecular weight is 1770 g/mol. The number of hydrogen-bond acceptors (Lipinski definition) is 12. The van der Waals surface area contributed by atoms with Gasteiger partial charge in [-0.05, 0) is 235 Å². The van der Waals surface area contributed by atoms with E-state index in [1.165, 1.54) is 103 Å². The van der Waals surface area contributed by atoms with Crippen LogP contribution in [0.2, 0.25) is 0 Å². The van der Waals surface area contributed by atoms with Gasteiger partial charge in [0.1, 0.15) is 22.3 Å². The van der Waals surface area contributed by atoms with Crippen LogP contribution in [0, 0.1) is 0 Å². The van der Waals surface area contributed by atoms with Crippen molar-refractivity contribution in [3.8, 4) is 22.3 Å². The number of fused-ring (bicyclic) bond motifs is 18. The summed E-state index contributed by atoms with van der Waals surface area (Å²) in [6.45, 7) is 0. The highest BCUT2D eigenvalue weighted by Crippen LogP contribution is 2.49. The third-order valence-electron chi connectivity index (χ3n) is 24.7. The average Bonchev–Trinajstić information content (AvgIpc) is 1.46. The molecule has 0 saturated heterocycles. The monoisotopic (exact) mass is 1760 g/mol. The van der Waals surface area contributed by atoms with Gasteiger partial charge >= 0.3 is 0 Å². The lowest BCUT2D eigenvalue weighted by molar-refractivity contribution is 0.668. The van der Waals surface area contributed by atoms with Gasteiger partial charge in [0.05, 0.1) is 5.69 Å². The molecular weight excluding hydrogens is 1690 g/mol. The third kappa shape index (κ3) is 15.3. The molecule has 0 aliphatic heterocycles. The van der Waals surface area contributed by atoms with E-state index in [9.17, 15) is 0 Å². The number of thiophene rings is 4. The van der Waals surface area contributed by atoms with E-state index in [1.54, 1.807) is 0 Å². The number of nitrogens with one attached hydrogen (secondary N) is 3. The number of hydrogen-bond donors (Lipinski definition) is 3. The Hall–Kier alpha value is -16.3. The Labute approximate surface area is 777 Å². The normalized spacial score (nSPS) is 11.5. The number of nitrogens with zero attached hydrogens (tertiary/aromatic N) is 3. The lowest BCUT2D eigenvalue weighted by atomic mass is 10.0. The predicted octanol–water partition coefficient (Wildman–Crippen LogP) is 37.3. The fraction of sp³-hybridized carbons (Fsp3) is 0. The van der Waals surface area contributed by atoms with Gasteiger partial charge in [0.15, 0.2) is 0 Å². The molecule has 0 bridgehead atoms. The van der Waals surface area contributed by atoms with E-state index in [4.69, 9.17) is 8.83 Å². The van der Waals surface area contributed by atoms with Gasteiger partial charge in [0, 0.05) is 193 Å². The molecule has 26 aromatic rings. The van der Waals surface area contributed by atoms with Gasteiger partial charge in [0.25, 0.3) is 0 Å². The fourth-order valence-corrected chi connectivity index (χ4v) is 23.0. The molecule has 626 valence electrons. The molecule has 0 spiro atoms.